The third-order valence-electron chi connectivity index (χ3n) is 6.10. The number of amides is 1. The quantitative estimate of drug-likeness (QED) is 0.229. The molecule has 204 valence electrons. The molecule has 0 aromatic heterocycles. The fourth-order valence-corrected chi connectivity index (χ4v) is 5.61. The lowest BCUT2D eigenvalue weighted by Crippen LogP contribution is -2.69. The predicted octanol–water partition coefficient (Wildman–Crippen LogP) is 2.91. The lowest BCUT2D eigenvalue weighted by molar-refractivity contribution is -0.0515. The van der Waals surface area contributed by atoms with Gasteiger partial charge in [0.15, 0.2) is 0 Å². The summed E-state index contributed by atoms with van der Waals surface area (Å²) in [6.45, 7) is 4.85. The van der Waals surface area contributed by atoms with Gasteiger partial charge >= 0.3 is 6.09 Å². The Hall–Kier alpha value is -2.86. The van der Waals surface area contributed by atoms with Crippen LogP contribution in [0.3, 0.4) is 0 Å². The van der Waals surface area contributed by atoms with Crippen LogP contribution in [0.2, 0.25) is 0 Å². The number of carbonyl (C=O) groups excluding carboxylic acids is 1. The molecule has 2 unspecified atom stereocenters. The Labute approximate surface area is 218 Å². The number of rotatable bonds is 10. The molecule has 0 saturated heterocycles. The van der Waals surface area contributed by atoms with Gasteiger partial charge in [-0.2, -0.15) is 4.72 Å². The van der Waals surface area contributed by atoms with Crippen molar-refractivity contribution in [2.24, 2.45) is 0 Å². The molecular weight excluding hydrogens is 496 g/mol. The minimum Gasteiger partial charge on any atom is -0.444 e. The first-order chi connectivity index (χ1) is 17.3. The van der Waals surface area contributed by atoms with E-state index in [1.807, 2.05) is 6.07 Å². The molecule has 0 bridgehead atoms. The van der Waals surface area contributed by atoms with Crippen molar-refractivity contribution in [3.63, 3.8) is 0 Å². The number of hydrogen-bond donors (Lipinski definition) is 5. The van der Waals surface area contributed by atoms with E-state index in [0.29, 0.717) is 5.56 Å². The summed E-state index contributed by atoms with van der Waals surface area (Å²) in [5.74, 6) is 0. The first kappa shape index (κ1) is 28.7. The van der Waals surface area contributed by atoms with Crippen LogP contribution < -0.4 is 21.5 Å². The highest BCUT2D eigenvalue weighted by molar-refractivity contribution is 7.89. The summed E-state index contributed by atoms with van der Waals surface area (Å²) in [6, 6.07) is 12.8. The molecule has 1 saturated carbocycles. The SMILES string of the molecule is CC(C)(C)OC(=O)NC(Cc1ccccc1)(NS(=O)(=O)c1ccc(N)c(N)c1)C(O)COC1CCCC1. The molecule has 37 heavy (non-hydrogen) atoms. The number of aliphatic hydroxyl groups is 1. The van der Waals surface area contributed by atoms with E-state index in [-0.39, 0.29) is 35.4 Å². The molecule has 7 N–H and O–H groups in total. The van der Waals surface area contributed by atoms with Gasteiger partial charge in [0.2, 0.25) is 10.0 Å². The summed E-state index contributed by atoms with van der Waals surface area (Å²) in [5.41, 5.74) is 9.81. The van der Waals surface area contributed by atoms with Crippen LogP contribution in [0.5, 0.6) is 0 Å². The van der Waals surface area contributed by atoms with Crippen molar-refractivity contribution in [1.29, 1.82) is 0 Å². The number of carbonyl (C=O) groups is 1. The van der Waals surface area contributed by atoms with Crippen LogP contribution >= 0.6 is 0 Å². The monoisotopic (exact) mass is 534 g/mol. The topological polar surface area (TPSA) is 166 Å². The van der Waals surface area contributed by atoms with E-state index in [0.717, 1.165) is 25.7 Å². The molecule has 1 amide bonds. The fraction of sp³-hybridized carbons (Fsp3) is 0.500. The number of nitrogen functional groups attached to an aromatic ring is 2. The van der Waals surface area contributed by atoms with Crippen molar-refractivity contribution >= 4 is 27.5 Å². The van der Waals surface area contributed by atoms with Crippen LogP contribution in [0.4, 0.5) is 16.2 Å². The third kappa shape index (κ3) is 8.06. The van der Waals surface area contributed by atoms with Crippen molar-refractivity contribution in [2.45, 2.75) is 81.2 Å². The maximum absolute atomic E-state index is 13.6. The van der Waals surface area contributed by atoms with Gasteiger partial charge in [-0.25, -0.2) is 13.2 Å². The number of aliphatic hydroxyl groups excluding tert-OH is 1. The van der Waals surface area contributed by atoms with Crippen molar-refractivity contribution in [3.05, 3.63) is 54.1 Å². The highest BCUT2D eigenvalue weighted by Crippen LogP contribution is 2.26. The molecule has 0 radical (unpaired) electrons. The molecule has 2 aromatic rings. The minimum atomic E-state index is -4.32. The van der Waals surface area contributed by atoms with Crippen molar-refractivity contribution in [3.8, 4) is 0 Å². The second-order valence-electron chi connectivity index (χ2n) is 10.4. The number of nitrogens with one attached hydrogen (secondary N) is 2. The van der Waals surface area contributed by atoms with Gasteiger partial charge in [0.25, 0.3) is 0 Å². The van der Waals surface area contributed by atoms with Gasteiger partial charge in [0.1, 0.15) is 17.4 Å². The van der Waals surface area contributed by atoms with Crippen LogP contribution in [0.15, 0.2) is 53.4 Å². The normalized spacial score (nSPS) is 17.2. The van der Waals surface area contributed by atoms with Crippen molar-refractivity contribution < 1.29 is 27.8 Å². The third-order valence-corrected chi connectivity index (χ3v) is 7.60. The molecule has 11 heteroatoms. The maximum Gasteiger partial charge on any atom is 0.409 e. The molecule has 1 aliphatic carbocycles. The maximum atomic E-state index is 13.6. The number of benzene rings is 2. The molecule has 2 atom stereocenters. The van der Waals surface area contributed by atoms with E-state index in [1.54, 1.807) is 45.0 Å². The molecular formula is C26H38N4O6S. The summed E-state index contributed by atoms with van der Waals surface area (Å²) < 4.78 is 41.1. The number of nitrogens with two attached hydrogens (primary N) is 2. The minimum absolute atomic E-state index is 0.0425. The molecule has 0 spiro atoms. The Morgan fingerprint density at radius 1 is 1.08 bits per heavy atom. The molecule has 1 fully saturated rings. The second-order valence-corrected chi connectivity index (χ2v) is 12.1. The zero-order valence-electron chi connectivity index (χ0n) is 21.6. The Kier molecular flexibility index (Phi) is 9.06. The van der Waals surface area contributed by atoms with Crippen molar-refractivity contribution in [2.75, 3.05) is 18.1 Å². The Balaban J connectivity index is 2.03. The van der Waals surface area contributed by atoms with Gasteiger partial charge in [-0.3, -0.25) is 5.32 Å². The fourth-order valence-electron chi connectivity index (χ4n) is 4.22. The van der Waals surface area contributed by atoms with Crippen LogP contribution in [0, 0.1) is 0 Å². The summed E-state index contributed by atoms with van der Waals surface area (Å²) in [7, 11) is -4.32. The summed E-state index contributed by atoms with van der Waals surface area (Å²) in [4.78, 5) is 12.8. The smallest absolute Gasteiger partial charge is 0.409 e. The average molecular weight is 535 g/mol. The van der Waals surface area contributed by atoms with Crippen LogP contribution in [0.1, 0.15) is 52.0 Å². The van der Waals surface area contributed by atoms with E-state index >= 15 is 0 Å². The van der Waals surface area contributed by atoms with E-state index in [4.69, 9.17) is 20.9 Å². The van der Waals surface area contributed by atoms with Gasteiger partial charge in [-0.15, -0.1) is 0 Å². The highest BCUT2D eigenvalue weighted by Gasteiger charge is 2.45. The largest absolute Gasteiger partial charge is 0.444 e. The first-order valence-corrected chi connectivity index (χ1v) is 13.8. The Morgan fingerprint density at radius 2 is 1.73 bits per heavy atom. The zero-order chi connectivity index (χ0) is 27.3. The lowest BCUT2D eigenvalue weighted by atomic mass is 9.95. The van der Waals surface area contributed by atoms with Gasteiger partial charge < -0.3 is 26.0 Å². The van der Waals surface area contributed by atoms with E-state index in [9.17, 15) is 18.3 Å². The molecule has 0 aliphatic heterocycles. The standard InChI is InChI=1S/C26H38N4O6S/c1-25(2,3)36-24(32)29-26(16-18-9-5-4-6-10-18,23(31)17-35-19-11-7-8-12-19)30-37(33,34)20-13-14-21(27)22(28)15-20/h4-6,9-10,13-15,19,23,30-31H,7-8,11-12,16-17,27-28H2,1-3H3,(H,29,32). The number of ether oxygens (including phenoxy) is 2. The molecule has 0 heterocycles. The summed E-state index contributed by atoms with van der Waals surface area (Å²) in [5, 5.41) is 14.1. The molecule has 10 nitrogen and oxygen atoms in total. The van der Waals surface area contributed by atoms with Crippen LogP contribution in [-0.2, 0) is 25.9 Å². The van der Waals surface area contributed by atoms with Crippen LogP contribution in [0.25, 0.3) is 0 Å². The van der Waals surface area contributed by atoms with E-state index in [1.165, 1.54) is 18.2 Å². The molecule has 1 aliphatic rings. The molecule has 3 rings (SSSR count). The number of sulfonamides is 1. The zero-order valence-corrected chi connectivity index (χ0v) is 22.4. The van der Waals surface area contributed by atoms with Gasteiger partial charge in [0.05, 0.1) is 29.0 Å². The highest BCUT2D eigenvalue weighted by atomic mass is 32.2. The van der Waals surface area contributed by atoms with E-state index < -0.39 is 33.5 Å². The van der Waals surface area contributed by atoms with Crippen LogP contribution in [-0.4, -0.2) is 49.7 Å². The Morgan fingerprint density at radius 3 is 2.32 bits per heavy atom. The van der Waals surface area contributed by atoms with Crippen molar-refractivity contribution in [1.82, 2.24) is 10.0 Å². The predicted molar refractivity (Wildman–Crippen MR) is 142 cm³/mol. The number of hydrogen-bond acceptors (Lipinski definition) is 8. The van der Waals surface area contributed by atoms with Gasteiger partial charge in [-0.1, -0.05) is 43.2 Å². The summed E-state index contributed by atoms with van der Waals surface area (Å²) in [6.07, 6.45) is 1.26. The second kappa shape index (κ2) is 11.7. The average Bonchev–Trinajstić information content (AvgIpc) is 3.32. The first-order valence-electron chi connectivity index (χ1n) is 12.3. The number of anilines is 2. The Bertz CT molecular complexity index is 1160. The van der Waals surface area contributed by atoms with E-state index in [2.05, 4.69) is 10.0 Å². The number of alkyl carbamates (subject to hydrolysis) is 1. The van der Waals surface area contributed by atoms with Gasteiger partial charge in [-0.05, 0) is 57.4 Å². The van der Waals surface area contributed by atoms with Gasteiger partial charge in [0, 0.05) is 6.42 Å². The lowest BCUT2D eigenvalue weighted by Gasteiger charge is -2.40. The molecule has 2 aromatic carbocycles. The summed E-state index contributed by atoms with van der Waals surface area (Å²) >= 11 is 0.